The minimum absolute atomic E-state index is 0.282. The SMILES string of the molecule is CCc1c(N)ncnc1N(C)C(C)c1cccs1. The predicted octanol–water partition coefficient (Wildman–Crippen LogP) is 2.88. The number of hydrogen-bond donors (Lipinski definition) is 1. The lowest BCUT2D eigenvalue weighted by Gasteiger charge is -2.27. The highest BCUT2D eigenvalue weighted by molar-refractivity contribution is 7.10. The first-order valence-electron chi connectivity index (χ1n) is 6.00. The van der Waals surface area contributed by atoms with Gasteiger partial charge in [-0.2, -0.15) is 0 Å². The van der Waals surface area contributed by atoms with Gasteiger partial charge in [0.2, 0.25) is 0 Å². The van der Waals surface area contributed by atoms with Crippen LogP contribution in [0.25, 0.3) is 0 Å². The van der Waals surface area contributed by atoms with Crippen LogP contribution in [0.2, 0.25) is 0 Å². The molecule has 0 aliphatic heterocycles. The molecule has 5 heteroatoms. The molecule has 0 spiro atoms. The molecule has 2 N–H and O–H groups in total. The molecule has 0 saturated heterocycles. The van der Waals surface area contributed by atoms with Gasteiger partial charge in [-0.15, -0.1) is 11.3 Å². The van der Waals surface area contributed by atoms with Crippen molar-refractivity contribution in [1.82, 2.24) is 9.97 Å². The van der Waals surface area contributed by atoms with Crippen LogP contribution in [0.4, 0.5) is 11.6 Å². The van der Waals surface area contributed by atoms with Crippen LogP contribution in [-0.2, 0) is 6.42 Å². The van der Waals surface area contributed by atoms with Crippen molar-refractivity contribution in [2.24, 2.45) is 0 Å². The third-order valence-electron chi connectivity index (χ3n) is 3.18. The Morgan fingerprint density at radius 3 is 2.83 bits per heavy atom. The maximum atomic E-state index is 5.91. The highest BCUT2D eigenvalue weighted by Crippen LogP contribution is 2.30. The summed E-state index contributed by atoms with van der Waals surface area (Å²) in [4.78, 5) is 11.9. The van der Waals surface area contributed by atoms with Crippen molar-refractivity contribution < 1.29 is 0 Å². The molecule has 0 radical (unpaired) electrons. The van der Waals surface area contributed by atoms with Crippen molar-refractivity contribution in [3.8, 4) is 0 Å². The largest absolute Gasteiger partial charge is 0.383 e. The van der Waals surface area contributed by atoms with E-state index in [0.717, 1.165) is 17.8 Å². The summed E-state index contributed by atoms with van der Waals surface area (Å²) in [6.07, 6.45) is 2.37. The second-order valence-corrected chi connectivity index (χ2v) is 5.20. The van der Waals surface area contributed by atoms with Crippen LogP contribution in [0, 0.1) is 0 Å². The van der Waals surface area contributed by atoms with Crippen molar-refractivity contribution in [3.63, 3.8) is 0 Å². The van der Waals surface area contributed by atoms with Crippen molar-refractivity contribution >= 4 is 23.0 Å². The lowest BCUT2D eigenvalue weighted by molar-refractivity contribution is 0.734. The van der Waals surface area contributed by atoms with Crippen molar-refractivity contribution in [2.45, 2.75) is 26.3 Å². The van der Waals surface area contributed by atoms with Gasteiger partial charge in [-0.3, -0.25) is 0 Å². The van der Waals surface area contributed by atoms with E-state index in [1.165, 1.54) is 11.2 Å². The zero-order valence-corrected chi connectivity index (χ0v) is 11.7. The maximum absolute atomic E-state index is 5.91. The molecule has 2 heterocycles. The monoisotopic (exact) mass is 262 g/mol. The highest BCUT2D eigenvalue weighted by Gasteiger charge is 2.18. The Labute approximate surface area is 111 Å². The summed E-state index contributed by atoms with van der Waals surface area (Å²) >= 11 is 1.76. The Bertz CT molecular complexity index is 510. The van der Waals surface area contributed by atoms with E-state index < -0.39 is 0 Å². The molecule has 96 valence electrons. The van der Waals surface area contributed by atoms with E-state index in [2.05, 4.69) is 46.2 Å². The predicted molar refractivity (Wildman–Crippen MR) is 77.0 cm³/mol. The van der Waals surface area contributed by atoms with Crippen LogP contribution in [0.5, 0.6) is 0 Å². The quantitative estimate of drug-likeness (QED) is 0.920. The lowest BCUT2D eigenvalue weighted by Crippen LogP contribution is -2.24. The van der Waals surface area contributed by atoms with Gasteiger partial charge in [0.15, 0.2) is 0 Å². The molecule has 0 amide bonds. The summed E-state index contributed by atoms with van der Waals surface area (Å²) in [5.74, 6) is 1.50. The molecule has 0 aliphatic carbocycles. The molecular formula is C13H18N4S. The van der Waals surface area contributed by atoms with E-state index in [9.17, 15) is 0 Å². The standard InChI is InChI=1S/C13H18N4S/c1-4-10-12(14)15-8-16-13(10)17(3)9(2)11-6-5-7-18-11/h5-9H,4H2,1-3H3,(H2,14,15,16). The fourth-order valence-corrected chi connectivity index (χ4v) is 2.79. The van der Waals surface area contributed by atoms with Gasteiger partial charge >= 0.3 is 0 Å². The smallest absolute Gasteiger partial charge is 0.137 e. The molecular weight excluding hydrogens is 244 g/mol. The molecule has 2 aromatic rings. The van der Waals surface area contributed by atoms with Crippen LogP contribution in [0.15, 0.2) is 23.8 Å². The van der Waals surface area contributed by atoms with Gasteiger partial charge in [-0.05, 0) is 24.8 Å². The minimum atomic E-state index is 0.282. The van der Waals surface area contributed by atoms with Gasteiger partial charge in [0, 0.05) is 17.5 Å². The molecule has 0 aromatic carbocycles. The van der Waals surface area contributed by atoms with Crippen molar-refractivity contribution in [1.29, 1.82) is 0 Å². The number of anilines is 2. The van der Waals surface area contributed by atoms with E-state index in [-0.39, 0.29) is 6.04 Å². The van der Waals surface area contributed by atoms with Crippen LogP contribution in [0.1, 0.15) is 30.3 Å². The minimum Gasteiger partial charge on any atom is -0.383 e. The third kappa shape index (κ3) is 2.31. The molecule has 4 nitrogen and oxygen atoms in total. The van der Waals surface area contributed by atoms with Gasteiger partial charge in [0.25, 0.3) is 0 Å². The van der Waals surface area contributed by atoms with Gasteiger partial charge in [0.05, 0.1) is 6.04 Å². The second-order valence-electron chi connectivity index (χ2n) is 4.22. The summed E-state index contributed by atoms with van der Waals surface area (Å²) < 4.78 is 0. The molecule has 2 aromatic heterocycles. The second kappa shape index (κ2) is 5.35. The molecule has 1 unspecified atom stereocenters. The van der Waals surface area contributed by atoms with Crippen molar-refractivity contribution in [2.75, 3.05) is 17.7 Å². The Balaban J connectivity index is 2.34. The molecule has 0 saturated carbocycles. The molecule has 1 atom stereocenters. The third-order valence-corrected chi connectivity index (χ3v) is 4.22. The number of nitrogen functional groups attached to an aromatic ring is 1. The zero-order chi connectivity index (χ0) is 13.1. The number of hydrogen-bond acceptors (Lipinski definition) is 5. The average molecular weight is 262 g/mol. The van der Waals surface area contributed by atoms with Crippen LogP contribution in [0.3, 0.4) is 0 Å². The lowest BCUT2D eigenvalue weighted by atomic mass is 10.1. The number of rotatable bonds is 4. The fraction of sp³-hybridized carbons (Fsp3) is 0.385. The summed E-state index contributed by atoms with van der Waals surface area (Å²) in [6, 6.07) is 4.49. The van der Waals surface area contributed by atoms with E-state index in [0.29, 0.717) is 5.82 Å². The van der Waals surface area contributed by atoms with Crippen LogP contribution < -0.4 is 10.6 Å². The van der Waals surface area contributed by atoms with Gasteiger partial charge < -0.3 is 10.6 Å². The first kappa shape index (κ1) is 12.8. The van der Waals surface area contributed by atoms with E-state index in [1.807, 2.05) is 7.05 Å². The average Bonchev–Trinajstić information content (AvgIpc) is 2.90. The number of nitrogens with zero attached hydrogens (tertiary/aromatic N) is 3. The van der Waals surface area contributed by atoms with Gasteiger partial charge in [-0.25, -0.2) is 9.97 Å². The fourth-order valence-electron chi connectivity index (χ4n) is 1.96. The van der Waals surface area contributed by atoms with Crippen LogP contribution >= 0.6 is 11.3 Å². The first-order valence-corrected chi connectivity index (χ1v) is 6.88. The summed E-state index contributed by atoms with van der Waals surface area (Å²) in [7, 11) is 2.05. The molecule has 0 aliphatic rings. The Hall–Kier alpha value is -1.62. The number of nitrogens with two attached hydrogens (primary N) is 1. The van der Waals surface area contributed by atoms with Gasteiger partial charge in [-0.1, -0.05) is 13.0 Å². The Kier molecular flexibility index (Phi) is 3.81. The number of aromatic nitrogens is 2. The molecule has 0 bridgehead atoms. The molecule has 0 fully saturated rings. The normalized spacial score (nSPS) is 12.4. The summed E-state index contributed by atoms with van der Waals surface area (Å²) in [6.45, 7) is 4.24. The first-order chi connectivity index (χ1) is 8.65. The zero-order valence-electron chi connectivity index (χ0n) is 10.9. The molecule has 2 rings (SSSR count). The number of thiophene rings is 1. The highest BCUT2D eigenvalue weighted by atomic mass is 32.1. The van der Waals surface area contributed by atoms with Gasteiger partial charge in [0.1, 0.15) is 18.0 Å². The van der Waals surface area contributed by atoms with E-state index in [4.69, 9.17) is 5.73 Å². The molecule has 18 heavy (non-hydrogen) atoms. The maximum Gasteiger partial charge on any atom is 0.137 e. The Morgan fingerprint density at radius 1 is 1.44 bits per heavy atom. The Morgan fingerprint density at radius 2 is 2.22 bits per heavy atom. The van der Waals surface area contributed by atoms with E-state index in [1.54, 1.807) is 11.3 Å². The van der Waals surface area contributed by atoms with Crippen molar-refractivity contribution in [3.05, 3.63) is 34.3 Å². The van der Waals surface area contributed by atoms with Crippen LogP contribution in [-0.4, -0.2) is 17.0 Å². The summed E-state index contributed by atoms with van der Waals surface area (Å²) in [5, 5.41) is 2.09. The van der Waals surface area contributed by atoms with E-state index >= 15 is 0 Å². The topological polar surface area (TPSA) is 55.0 Å². The summed E-state index contributed by atoms with van der Waals surface area (Å²) in [5.41, 5.74) is 6.93.